The van der Waals surface area contributed by atoms with Crippen LogP contribution in [0.25, 0.3) is 0 Å². The molecule has 1 aromatic carbocycles. The molecule has 20 heavy (non-hydrogen) atoms. The lowest BCUT2D eigenvalue weighted by Crippen LogP contribution is -2.43. The van der Waals surface area contributed by atoms with Gasteiger partial charge in [0.15, 0.2) is 0 Å². The van der Waals surface area contributed by atoms with Crippen molar-refractivity contribution >= 4 is 72.0 Å². The van der Waals surface area contributed by atoms with E-state index in [-0.39, 0.29) is 12.5 Å². The first-order valence-electron chi connectivity index (χ1n) is 6.35. The molecular weight excluding hydrogens is 532 g/mol. The molecule has 0 saturated carbocycles. The maximum absolute atomic E-state index is 6.36. The summed E-state index contributed by atoms with van der Waals surface area (Å²) in [7, 11) is -1.80. The fraction of sp³-hybridized carbons (Fsp3) is 0.571. The monoisotopic (exact) mass is 548 g/mol. The highest BCUT2D eigenvalue weighted by Crippen LogP contribution is 2.43. The van der Waals surface area contributed by atoms with Gasteiger partial charge >= 0.3 is 0 Å². The van der Waals surface area contributed by atoms with Crippen LogP contribution in [-0.2, 0) is 0 Å². The van der Waals surface area contributed by atoms with E-state index in [4.69, 9.17) is 4.43 Å². The summed E-state index contributed by atoms with van der Waals surface area (Å²) < 4.78 is 6.59. The zero-order chi connectivity index (χ0) is 15.7. The zero-order valence-corrected chi connectivity index (χ0v) is 19.7. The highest BCUT2D eigenvalue weighted by molar-refractivity contribution is 9.24. The molecule has 0 saturated heterocycles. The lowest BCUT2D eigenvalue weighted by Gasteiger charge is -2.36. The number of benzene rings is 1. The largest absolute Gasteiger partial charge is 0.543 e. The standard InChI is InChI=1S/C14H20Br4OSi/c1-14(2,3)20(4,5)19-9-6-7-10(12(15)16)11(8-9)13(17)18/h6-8,12-13H,1-5H3. The van der Waals surface area contributed by atoms with Crippen LogP contribution in [0, 0.1) is 0 Å². The molecule has 0 fully saturated rings. The fourth-order valence-corrected chi connectivity index (χ4v) is 4.10. The van der Waals surface area contributed by atoms with Crippen molar-refractivity contribution in [2.45, 2.75) is 46.4 Å². The highest BCUT2D eigenvalue weighted by Gasteiger charge is 2.39. The Morgan fingerprint density at radius 3 is 1.85 bits per heavy atom. The van der Waals surface area contributed by atoms with E-state index in [1.807, 2.05) is 0 Å². The molecule has 0 aromatic heterocycles. The first kappa shape index (κ1) is 19.2. The van der Waals surface area contributed by atoms with Gasteiger partial charge in [-0.15, -0.1) is 0 Å². The number of hydrogen-bond donors (Lipinski definition) is 0. The predicted molar refractivity (Wildman–Crippen MR) is 105 cm³/mol. The van der Waals surface area contributed by atoms with Gasteiger partial charge in [-0.1, -0.05) is 90.6 Å². The molecule has 1 rings (SSSR count). The quantitative estimate of drug-likeness (QED) is 0.276. The van der Waals surface area contributed by atoms with Crippen molar-refractivity contribution < 1.29 is 4.43 Å². The van der Waals surface area contributed by atoms with Crippen molar-refractivity contribution in [2.24, 2.45) is 0 Å². The van der Waals surface area contributed by atoms with E-state index < -0.39 is 8.32 Å². The molecule has 0 aliphatic carbocycles. The summed E-state index contributed by atoms with van der Waals surface area (Å²) in [5, 5.41) is 0.196. The molecule has 1 nitrogen and oxygen atoms in total. The van der Waals surface area contributed by atoms with Gasteiger partial charge in [-0.2, -0.15) is 0 Å². The molecule has 0 unspecified atom stereocenters. The van der Waals surface area contributed by atoms with Crippen LogP contribution < -0.4 is 4.43 Å². The summed E-state index contributed by atoms with van der Waals surface area (Å²) in [6.07, 6.45) is 0. The molecule has 6 heteroatoms. The molecule has 114 valence electrons. The fourth-order valence-electron chi connectivity index (χ4n) is 1.45. The summed E-state index contributed by atoms with van der Waals surface area (Å²) in [5.74, 6) is 0.944. The minimum Gasteiger partial charge on any atom is -0.543 e. The van der Waals surface area contributed by atoms with Gasteiger partial charge in [-0.3, -0.25) is 0 Å². The van der Waals surface area contributed by atoms with Crippen molar-refractivity contribution in [3.63, 3.8) is 0 Å². The second-order valence-electron chi connectivity index (χ2n) is 6.25. The Balaban J connectivity index is 3.14. The van der Waals surface area contributed by atoms with Crippen LogP contribution in [0.1, 0.15) is 39.4 Å². The molecule has 0 bridgehead atoms. The van der Waals surface area contributed by atoms with Gasteiger partial charge in [-0.25, -0.2) is 0 Å². The summed E-state index contributed by atoms with van der Waals surface area (Å²) in [6, 6.07) is 6.26. The van der Waals surface area contributed by atoms with Gasteiger partial charge < -0.3 is 4.43 Å². The molecule has 0 spiro atoms. The van der Waals surface area contributed by atoms with E-state index >= 15 is 0 Å². The van der Waals surface area contributed by atoms with Crippen molar-refractivity contribution in [3.05, 3.63) is 29.3 Å². The number of halogens is 4. The van der Waals surface area contributed by atoms with Crippen molar-refractivity contribution in [3.8, 4) is 5.75 Å². The Bertz CT molecular complexity index is 467. The number of rotatable bonds is 4. The van der Waals surface area contributed by atoms with Gasteiger partial charge in [0.1, 0.15) is 5.75 Å². The lowest BCUT2D eigenvalue weighted by molar-refractivity contribution is 0.491. The molecule has 1 aromatic rings. The SMILES string of the molecule is CC(C)(C)[Si](C)(C)Oc1ccc(C(Br)Br)c(C(Br)Br)c1. The van der Waals surface area contributed by atoms with Crippen molar-refractivity contribution in [1.82, 2.24) is 0 Å². The first-order valence-corrected chi connectivity index (χ1v) is 12.9. The van der Waals surface area contributed by atoms with Gasteiger partial charge in [0.25, 0.3) is 0 Å². The second-order valence-corrected chi connectivity index (χ2v) is 17.1. The Kier molecular flexibility index (Phi) is 6.87. The van der Waals surface area contributed by atoms with Gasteiger partial charge in [0, 0.05) is 0 Å². The smallest absolute Gasteiger partial charge is 0.250 e. The third kappa shape index (κ3) is 4.83. The molecule has 0 heterocycles. The van der Waals surface area contributed by atoms with Crippen LogP contribution in [0.3, 0.4) is 0 Å². The van der Waals surface area contributed by atoms with E-state index in [0.717, 1.165) is 5.75 Å². The Morgan fingerprint density at radius 2 is 1.45 bits per heavy atom. The van der Waals surface area contributed by atoms with Crippen LogP contribution in [0.2, 0.25) is 18.1 Å². The van der Waals surface area contributed by atoms with Crippen LogP contribution in [0.5, 0.6) is 5.75 Å². The molecule has 0 N–H and O–H groups in total. The lowest BCUT2D eigenvalue weighted by atomic mass is 10.1. The van der Waals surface area contributed by atoms with E-state index in [1.54, 1.807) is 0 Å². The normalized spacial score (nSPS) is 13.2. The van der Waals surface area contributed by atoms with E-state index in [0.29, 0.717) is 0 Å². The van der Waals surface area contributed by atoms with Gasteiger partial charge in [0.2, 0.25) is 8.32 Å². The molecular formula is C14H20Br4OSi. The Labute approximate surface area is 156 Å². The Morgan fingerprint density at radius 1 is 0.950 bits per heavy atom. The van der Waals surface area contributed by atoms with Gasteiger partial charge in [-0.05, 0) is 41.4 Å². The average molecular weight is 552 g/mol. The third-order valence-corrected chi connectivity index (χ3v) is 10.0. The summed E-state index contributed by atoms with van der Waals surface area (Å²) in [6.45, 7) is 11.3. The molecule has 0 aliphatic heterocycles. The summed E-state index contributed by atoms with van der Waals surface area (Å²) in [5.41, 5.74) is 2.35. The molecule has 0 amide bonds. The minimum absolute atomic E-state index is 0.102. The topological polar surface area (TPSA) is 9.23 Å². The maximum atomic E-state index is 6.36. The Hall–Kier alpha value is 1.16. The maximum Gasteiger partial charge on any atom is 0.250 e. The number of hydrogen-bond acceptors (Lipinski definition) is 1. The second kappa shape index (κ2) is 7.15. The third-order valence-electron chi connectivity index (χ3n) is 3.71. The van der Waals surface area contributed by atoms with E-state index in [2.05, 4.69) is 116 Å². The van der Waals surface area contributed by atoms with Gasteiger partial charge in [0.05, 0.1) is 7.47 Å². The minimum atomic E-state index is -1.80. The van der Waals surface area contributed by atoms with E-state index in [9.17, 15) is 0 Å². The summed E-state index contributed by atoms with van der Waals surface area (Å²) >= 11 is 14.3. The van der Waals surface area contributed by atoms with E-state index in [1.165, 1.54) is 11.1 Å². The van der Waals surface area contributed by atoms with Crippen molar-refractivity contribution in [1.29, 1.82) is 0 Å². The van der Waals surface area contributed by atoms with Crippen LogP contribution in [-0.4, -0.2) is 8.32 Å². The highest BCUT2D eigenvalue weighted by atomic mass is 79.9. The first-order chi connectivity index (χ1) is 8.95. The van der Waals surface area contributed by atoms with Crippen molar-refractivity contribution in [2.75, 3.05) is 0 Å². The molecule has 0 radical (unpaired) electrons. The zero-order valence-electron chi connectivity index (χ0n) is 12.3. The molecule has 0 atom stereocenters. The summed E-state index contributed by atoms with van der Waals surface area (Å²) in [4.78, 5) is 0. The predicted octanol–water partition coefficient (Wildman–Crippen LogP) is 7.65. The van der Waals surface area contributed by atoms with Crippen LogP contribution >= 0.6 is 63.7 Å². The van der Waals surface area contributed by atoms with Crippen LogP contribution in [0.4, 0.5) is 0 Å². The molecule has 0 aliphatic rings. The number of alkyl halides is 4. The average Bonchev–Trinajstić information content (AvgIpc) is 2.26. The van der Waals surface area contributed by atoms with Crippen LogP contribution in [0.15, 0.2) is 18.2 Å².